The molecule has 5 nitrogen and oxygen atoms in total. The number of piperazine rings is 1. The monoisotopic (exact) mass is 252 g/mol. The quantitative estimate of drug-likeness (QED) is 0.652. The Hall–Kier alpha value is -0.650. The van der Waals surface area contributed by atoms with Gasteiger partial charge in [-0.3, -0.25) is 9.69 Å². The Morgan fingerprint density at radius 3 is 3.00 bits per heavy atom. The Labute approximate surface area is 109 Å². The van der Waals surface area contributed by atoms with Crippen LogP contribution in [-0.2, 0) is 4.79 Å². The molecule has 0 spiro atoms. The molecule has 3 saturated heterocycles. The number of rotatable bonds is 1. The van der Waals surface area contributed by atoms with E-state index in [9.17, 15) is 4.79 Å². The molecule has 3 atom stereocenters. The second kappa shape index (κ2) is 5.15. The molecule has 0 aromatic rings. The normalized spacial score (nSPS) is 38.6. The zero-order valence-corrected chi connectivity index (χ0v) is 11.0. The van der Waals surface area contributed by atoms with Crippen LogP contribution < -0.4 is 11.1 Å². The van der Waals surface area contributed by atoms with Crippen molar-refractivity contribution in [2.24, 2.45) is 5.73 Å². The van der Waals surface area contributed by atoms with Gasteiger partial charge in [-0.05, 0) is 25.8 Å². The van der Waals surface area contributed by atoms with Crippen LogP contribution in [0.25, 0.3) is 0 Å². The van der Waals surface area contributed by atoms with Gasteiger partial charge in [0.05, 0.1) is 0 Å². The lowest BCUT2D eigenvalue weighted by atomic mass is 9.94. The van der Waals surface area contributed by atoms with Crippen molar-refractivity contribution in [1.29, 1.82) is 0 Å². The van der Waals surface area contributed by atoms with E-state index in [-0.39, 0.29) is 6.04 Å². The number of nitrogens with zero attached hydrogens (tertiary/aromatic N) is 2. The molecule has 0 bridgehead atoms. The number of piperidine rings is 2. The third kappa shape index (κ3) is 2.27. The highest BCUT2D eigenvalue weighted by Crippen LogP contribution is 2.24. The van der Waals surface area contributed by atoms with Gasteiger partial charge in [0.1, 0.15) is 0 Å². The summed E-state index contributed by atoms with van der Waals surface area (Å²) in [5.74, 6) is 0.362. The highest BCUT2D eigenvalue weighted by molar-refractivity contribution is 5.77. The number of nitrogens with one attached hydrogen (secondary N) is 1. The summed E-state index contributed by atoms with van der Waals surface area (Å²) in [5.41, 5.74) is 6.22. The standard InChI is InChI=1S/C13H24N4O/c14-11-8-15-5-4-12(11)16-6-7-17-10(9-16)2-1-3-13(17)18/h10-12,15H,1-9,14H2. The molecule has 0 aromatic carbocycles. The molecule has 0 aromatic heterocycles. The summed E-state index contributed by atoms with van der Waals surface area (Å²) in [7, 11) is 0. The van der Waals surface area contributed by atoms with E-state index in [0.717, 1.165) is 52.0 Å². The lowest BCUT2D eigenvalue weighted by Crippen LogP contribution is -2.64. The van der Waals surface area contributed by atoms with Gasteiger partial charge in [0.2, 0.25) is 5.91 Å². The van der Waals surface area contributed by atoms with Crippen molar-refractivity contribution in [3.05, 3.63) is 0 Å². The Kier molecular flexibility index (Phi) is 3.54. The topological polar surface area (TPSA) is 61.6 Å². The van der Waals surface area contributed by atoms with Crippen LogP contribution in [0.1, 0.15) is 25.7 Å². The molecular weight excluding hydrogens is 228 g/mol. The maximum atomic E-state index is 11.8. The number of carbonyl (C=O) groups is 1. The molecule has 3 N–H and O–H groups in total. The molecule has 3 fully saturated rings. The first-order chi connectivity index (χ1) is 8.75. The first kappa shape index (κ1) is 12.4. The van der Waals surface area contributed by atoms with Gasteiger partial charge < -0.3 is 16.0 Å². The van der Waals surface area contributed by atoms with E-state index in [1.807, 2.05) is 0 Å². The molecular formula is C13H24N4O. The predicted octanol–water partition coefficient (Wildman–Crippen LogP) is -0.628. The Balaban J connectivity index is 1.64. The van der Waals surface area contributed by atoms with Crippen LogP contribution in [0.2, 0.25) is 0 Å². The van der Waals surface area contributed by atoms with Crippen molar-refractivity contribution in [1.82, 2.24) is 15.1 Å². The van der Waals surface area contributed by atoms with Crippen LogP contribution in [0, 0.1) is 0 Å². The smallest absolute Gasteiger partial charge is 0.222 e. The highest BCUT2D eigenvalue weighted by atomic mass is 16.2. The second-order valence-corrected chi connectivity index (χ2v) is 5.85. The molecule has 5 heteroatoms. The SMILES string of the molecule is NC1CNCCC1N1CCN2C(=O)CCCC2C1. The minimum Gasteiger partial charge on any atom is -0.337 e. The van der Waals surface area contributed by atoms with Crippen molar-refractivity contribution in [2.45, 2.75) is 43.8 Å². The predicted molar refractivity (Wildman–Crippen MR) is 70.2 cm³/mol. The van der Waals surface area contributed by atoms with Crippen molar-refractivity contribution in [2.75, 3.05) is 32.7 Å². The summed E-state index contributed by atoms with van der Waals surface area (Å²) in [6.07, 6.45) is 4.12. The van der Waals surface area contributed by atoms with Gasteiger partial charge >= 0.3 is 0 Å². The third-order valence-corrected chi connectivity index (χ3v) is 4.72. The van der Waals surface area contributed by atoms with Crippen molar-refractivity contribution in [3.8, 4) is 0 Å². The Morgan fingerprint density at radius 2 is 2.17 bits per heavy atom. The summed E-state index contributed by atoms with van der Waals surface area (Å²) < 4.78 is 0. The average molecular weight is 252 g/mol. The van der Waals surface area contributed by atoms with E-state index < -0.39 is 0 Å². The molecule has 0 radical (unpaired) electrons. The fourth-order valence-electron chi connectivity index (χ4n) is 3.71. The molecule has 1 amide bonds. The maximum Gasteiger partial charge on any atom is 0.222 e. The molecule has 3 heterocycles. The summed E-state index contributed by atoms with van der Waals surface area (Å²) in [4.78, 5) is 16.5. The number of nitrogens with two attached hydrogens (primary N) is 1. The van der Waals surface area contributed by atoms with E-state index in [0.29, 0.717) is 18.0 Å². The number of hydrogen-bond donors (Lipinski definition) is 2. The van der Waals surface area contributed by atoms with E-state index in [1.54, 1.807) is 0 Å². The van der Waals surface area contributed by atoms with Crippen molar-refractivity contribution in [3.63, 3.8) is 0 Å². The molecule has 102 valence electrons. The molecule has 18 heavy (non-hydrogen) atoms. The van der Waals surface area contributed by atoms with Gasteiger partial charge in [-0.15, -0.1) is 0 Å². The molecule has 3 aliphatic rings. The third-order valence-electron chi connectivity index (χ3n) is 4.72. The van der Waals surface area contributed by atoms with Gasteiger partial charge in [0.25, 0.3) is 0 Å². The minimum atomic E-state index is 0.240. The van der Waals surface area contributed by atoms with E-state index in [2.05, 4.69) is 15.1 Å². The summed E-state index contributed by atoms with van der Waals surface area (Å²) >= 11 is 0. The number of amides is 1. The van der Waals surface area contributed by atoms with Crippen molar-refractivity contribution < 1.29 is 4.79 Å². The van der Waals surface area contributed by atoms with Gasteiger partial charge in [0, 0.05) is 50.7 Å². The van der Waals surface area contributed by atoms with E-state index in [4.69, 9.17) is 5.73 Å². The Morgan fingerprint density at radius 1 is 1.28 bits per heavy atom. The van der Waals surface area contributed by atoms with Crippen LogP contribution in [0.4, 0.5) is 0 Å². The lowest BCUT2D eigenvalue weighted by Gasteiger charge is -2.48. The molecule has 0 saturated carbocycles. The summed E-state index contributed by atoms with van der Waals surface area (Å²) in [6, 6.07) is 1.19. The zero-order valence-electron chi connectivity index (χ0n) is 11.0. The minimum absolute atomic E-state index is 0.240. The maximum absolute atomic E-state index is 11.8. The summed E-state index contributed by atoms with van der Waals surface area (Å²) in [5, 5.41) is 3.35. The number of hydrogen-bond acceptors (Lipinski definition) is 4. The van der Waals surface area contributed by atoms with E-state index in [1.165, 1.54) is 6.42 Å². The lowest BCUT2D eigenvalue weighted by molar-refractivity contribution is -0.140. The van der Waals surface area contributed by atoms with Gasteiger partial charge in [-0.1, -0.05) is 0 Å². The number of fused-ring (bicyclic) bond motifs is 1. The van der Waals surface area contributed by atoms with Gasteiger partial charge in [-0.2, -0.15) is 0 Å². The number of carbonyl (C=O) groups excluding carboxylic acids is 1. The zero-order chi connectivity index (χ0) is 12.5. The van der Waals surface area contributed by atoms with Gasteiger partial charge in [-0.25, -0.2) is 0 Å². The van der Waals surface area contributed by atoms with Crippen LogP contribution in [-0.4, -0.2) is 66.6 Å². The van der Waals surface area contributed by atoms with Crippen molar-refractivity contribution >= 4 is 5.91 Å². The molecule has 0 aliphatic carbocycles. The largest absolute Gasteiger partial charge is 0.337 e. The Bertz CT molecular complexity index is 322. The molecule has 3 rings (SSSR count). The van der Waals surface area contributed by atoms with Crippen LogP contribution >= 0.6 is 0 Å². The van der Waals surface area contributed by atoms with Crippen LogP contribution in [0.5, 0.6) is 0 Å². The highest BCUT2D eigenvalue weighted by Gasteiger charge is 2.37. The van der Waals surface area contributed by atoms with E-state index >= 15 is 0 Å². The van der Waals surface area contributed by atoms with Crippen LogP contribution in [0.15, 0.2) is 0 Å². The second-order valence-electron chi connectivity index (χ2n) is 5.85. The summed E-state index contributed by atoms with van der Waals surface area (Å²) in [6.45, 7) is 4.93. The molecule has 3 unspecified atom stereocenters. The molecule has 3 aliphatic heterocycles. The fourth-order valence-corrected chi connectivity index (χ4v) is 3.71. The van der Waals surface area contributed by atoms with Gasteiger partial charge in [0.15, 0.2) is 0 Å². The first-order valence-electron chi connectivity index (χ1n) is 7.25. The van der Waals surface area contributed by atoms with Crippen LogP contribution in [0.3, 0.4) is 0 Å². The first-order valence-corrected chi connectivity index (χ1v) is 7.25. The fraction of sp³-hybridized carbons (Fsp3) is 0.923. The average Bonchev–Trinajstić information content (AvgIpc) is 2.39.